The van der Waals surface area contributed by atoms with Crippen molar-refractivity contribution in [3.63, 3.8) is 0 Å². The summed E-state index contributed by atoms with van der Waals surface area (Å²) in [5.74, 6) is 0. The summed E-state index contributed by atoms with van der Waals surface area (Å²) in [6.45, 7) is 0. The maximum Gasteiger partial charge on any atom is 0.416 e. The van der Waals surface area contributed by atoms with E-state index in [9.17, 15) is 13.2 Å². The van der Waals surface area contributed by atoms with Gasteiger partial charge in [0.1, 0.15) is 4.62 Å². The first-order valence-corrected chi connectivity index (χ1v) is 7.85. The van der Waals surface area contributed by atoms with Crippen LogP contribution < -0.4 is 0 Å². The fourth-order valence-electron chi connectivity index (χ4n) is 2.60. The van der Waals surface area contributed by atoms with Crippen LogP contribution in [0.4, 0.5) is 13.2 Å². The molecule has 0 aromatic heterocycles. The molecule has 2 aromatic carbocycles. The summed E-state index contributed by atoms with van der Waals surface area (Å²) in [7, 11) is 0. The van der Waals surface area contributed by atoms with Gasteiger partial charge in [0.2, 0.25) is 0 Å². The fraction of sp³-hybridized carbons (Fsp3) is 0.235. The molecule has 0 saturated heterocycles. The van der Waals surface area contributed by atoms with Crippen LogP contribution in [0.3, 0.4) is 0 Å². The standard InChI is InChI=1S/C17H13BrF3NO/c18-16-10-15(23-22-16)14-7-2-1-5-12(14)8-11-4-3-6-13(9-11)17(19,20)21/h1-7,9,15H,8,10H2/t15-/m0/s1. The van der Waals surface area contributed by atoms with Gasteiger partial charge in [-0.1, -0.05) is 47.6 Å². The van der Waals surface area contributed by atoms with Crippen molar-refractivity contribution in [2.45, 2.75) is 25.1 Å². The molecule has 0 spiro atoms. The van der Waals surface area contributed by atoms with Gasteiger partial charge in [0, 0.05) is 6.42 Å². The van der Waals surface area contributed by atoms with Crippen LogP contribution in [0.25, 0.3) is 0 Å². The maximum atomic E-state index is 12.8. The van der Waals surface area contributed by atoms with Crippen molar-refractivity contribution in [3.8, 4) is 0 Å². The van der Waals surface area contributed by atoms with Crippen molar-refractivity contribution < 1.29 is 18.0 Å². The molecule has 1 heterocycles. The predicted octanol–water partition coefficient (Wildman–Crippen LogP) is 5.47. The zero-order valence-corrected chi connectivity index (χ0v) is 13.6. The summed E-state index contributed by atoms with van der Waals surface area (Å²) in [5.41, 5.74) is 1.87. The number of hydrogen-bond acceptors (Lipinski definition) is 2. The van der Waals surface area contributed by atoms with E-state index in [1.165, 1.54) is 12.1 Å². The lowest BCUT2D eigenvalue weighted by Crippen LogP contribution is -2.06. The van der Waals surface area contributed by atoms with Gasteiger partial charge < -0.3 is 4.84 Å². The maximum absolute atomic E-state index is 12.8. The quantitative estimate of drug-likeness (QED) is 0.688. The lowest BCUT2D eigenvalue weighted by Gasteiger charge is -2.15. The largest absolute Gasteiger partial charge is 0.416 e. The van der Waals surface area contributed by atoms with Gasteiger partial charge >= 0.3 is 6.18 Å². The van der Waals surface area contributed by atoms with Crippen LogP contribution in [-0.4, -0.2) is 4.62 Å². The SMILES string of the molecule is FC(F)(F)c1cccc(Cc2ccccc2[C@@H]2CC(Br)=NO2)c1. The van der Waals surface area contributed by atoms with E-state index >= 15 is 0 Å². The van der Waals surface area contributed by atoms with Crippen LogP contribution in [0.15, 0.2) is 53.7 Å². The van der Waals surface area contributed by atoms with Crippen LogP contribution in [0.2, 0.25) is 0 Å². The molecule has 0 fully saturated rings. The molecule has 0 unspecified atom stereocenters. The van der Waals surface area contributed by atoms with E-state index in [-0.39, 0.29) is 6.10 Å². The average molecular weight is 384 g/mol. The van der Waals surface area contributed by atoms with Crippen molar-refractivity contribution in [3.05, 3.63) is 70.8 Å². The minimum atomic E-state index is -4.33. The van der Waals surface area contributed by atoms with Crippen LogP contribution >= 0.6 is 15.9 Å². The fourth-order valence-corrected chi connectivity index (χ4v) is 2.98. The molecule has 0 saturated carbocycles. The van der Waals surface area contributed by atoms with E-state index in [4.69, 9.17) is 4.84 Å². The van der Waals surface area contributed by atoms with E-state index in [1.807, 2.05) is 24.3 Å². The number of rotatable bonds is 3. The lowest BCUT2D eigenvalue weighted by molar-refractivity contribution is -0.137. The summed E-state index contributed by atoms with van der Waals surface area (Å²) >= 11 is 3.30. The summed E-state index contributed by atoms with van der Waals surface area (Å²) in [4.78, 5) is 5.37. The Labute approximate surface area is 140 Å². The molecule has 2 aromatic rings. The van der Waals surface area contributed by atoms with Crippen molar-refractivity contribution in [1.29, 1.82) is 0 Å². The molecule has 0 N–H and O–H groups in total. The molecule has 0 aliphatic carbocycles. The van der Waals surface area contributed by atoms with Gasteiger partial charge in [0.25, 0.3) is 0 Å². The molecule has 120 valence electrons. The van der Waals surface area contributed by atoms with E-state index in [1.54, 1.807) is 6.07 Å². The summed E-state index contributed by atoms with van der Waals surface area (Å²) < 4.78 is 39.2. The highest BCUT2D eigenvalue weighted by Gasteiger charge is 2.30. The molecule has 1 aliphatic rings. The second-order valence-electron chi connectivity index (χ2n) is 5.34. The highest BCUT2D eigenvalue weighted by Crippen LogP contribution is 2.33. The lowest BCUT2D eigenvalue weighted by atomic mass is 9.95. The topological polar surface area (TPSA) is 21.6 Å². The molecule has 3 rings (SSSR count). The van der Waals surface area contributed by atoms with E-state index < -0.39 is 11.7 Å². The molecule has 1 aliphatic heterocycles. The number of benzene rings is 2. The Morgan fingerprint density at radius 2 is 1.91 bits per heavy atom. The Morgan fingerprint density at radius 3 is 2.61 bits per heavy atom. The predicted molar refractivity (Wildman–Crippen MR) is 85.5 cm³/mol. The van der Waals surface area contributed by atoms with Gasteiger partial charge in [-0.15, -0.1) is 0 Å². The Bertz CT molecular complexity index is 743. The van der Waals surface area contributed by atoms with E-state index in [0.717, 1.165) is 21.8 Å². The van der Waals surface area contributed by atoms with Crippen molar-refractivity contribution in [2.75, 3.05) is 0 Å². The second-order valence-corrected chi connectivity index (χ2v) is 6.25. The van der Waals surface area contributed by atoms with Gasteiger partial charge in [-0.25, -0.2) is 0 Å². The monoisotopic (exact) mass is 383 g/mol. The summed E-state index contributed by atoms with van der Waals surface area (Å²) in [6.07, 6.45) is -3.49. The van der Waals surface area contributed by atoms with Gasteiger partial charge in [0.05, 0.1) is 5.56 Å². The highest BCUT2D eigenvalue weighted by atomic mass is 79.9. The molecular formula is C17H13BrF3NO. The average Bonchev–Trinajstić information content (AvgIpc) is 2.94. The van der Waals surface area contributed by atoms with Gasteiger partial charge in [-0.3, -0.25) is 0 Å². The number of oxime groups is 1. The van der Waals surface area contributed by atoms with Crippen LogP contribution in [0.1, 0.15) is 34.8 Å². The third-order valence-electron chi connectivity index (χ3n) is 3.68. The zero-order chi connectivity index (χ0) is 16.4. The normalized spacial score (nSPS) is 17.7. The first kappa shape index (κ1) is 16.1. The van der Waals surface area contributed by atoms with Crippen molar-refractivity contribution >= 4 is 20.6 Å². The Balaban J connectivity index is 1.87. The van der Waals surface area contributed by atoms with Crippen LogP contribution in [0.5, 0.6) is 0 Å². The molecule has 0 bridgehead atoms. The zero-order valence-electron chi connectivity index (χ0n) is 12.0. The molecule has 0 radical (unpaired) electrons. The number of alkyl halides is 3. The van der Waals surface area contributed by atoms with Gasteiger partial charge in [-0.2, -0.15) is 13.2 Å². The first-order valence-electron chi connectivity index (χ1n) is 7.05. The van der Waals surface area contributed by atoms with Crippen molar-refractivity contribution in [2.24, 2.45) is 5.16 Å². The van der Waals surface area contributed by atoms with Gasteiger partial charge in [0.15, 0.2) is 6.10 Å². The minimum Gasteiger partial charge on any atom is -0.386 e. The molecule has 6 heteroatoms. The molecule has 1 atom stereocenters. The second kappa shape index (κ2) is 6.35. The summed E-state index contributed by atoms with van der Waals surface area (Å²) in [6, 6.07) is 13.0. The highest BCUT2D eigenvalue weighted by molar-refractivity contribution is 9.18. The Kier molecular flexibility index (Phi) is 4.43. The number of nitrogens with zero attached hydrogens (tertiary/aromatic N) is 1. The molecular weight excluding hydrogens is 371 g/mol. The van der Waals surface area contributed by atoms with E-state index in [0.29, 0.717) is 18.4 Å². The third-order valence-corrected chi connectivity index (χ3v) is 4.15. The summed E-state index contributed by atoms with van der Waals surface area (Å²) in [5, 5.41) is 3.87. The third kappa shape index (κ3) is 3.75. The molecule has 2 nitrogen and oxygen atoms in total. The molecule has 23 heavy (non-hydrogen) atoms. The number of halogens is 4. The van der Waals surface area contributed by atoms with Crippen LogP contribution in [-0.2, 0) is 17.4 Å². The minimum absolute atomic E-state index is 0.202. The molecule has 0 amide bonds. The van der Waals surface area contributed by atoms with Crippen molar-refractivity contribution in [1.82, 2.24) is 0 Å². The van der Waals surface area contributed by atoms with Crippen LogP contribution in [0, 0.1) is 0 Å². The Morgan fingerprint density at radius 1 is 1.13 bits per heavy atom. The van der Waals surface area contributed by atoms with Gasteiger partial charge in [-0.05, 0) is 45.1 Å². The number of hydrogen-bond donors (Lipinski definition) is 0. The first-order chi connectivity index (χ1) is 10.9. The van der Waals surface area contributed by atoms with E-state index in [2.05, 4.69) is 21.1 Å². The smallest absolute Gasteiger partial charge is 0.386 e. The Hall–Kier alpha value is -1.82.